The summed E-state index contributed by atoms with van der Waals surface area (Å²) in [6.45, 7) is 0. The van der Waals surface area contributed by atoms with Crippen LogP contribution in [0, 0.1) is 0 Å². The molecule has 7 rings (SSSR count). The first-order valence-corrected chi connectivity index (χ1v) is 26.2. The molecule has 0 bridgehead atoms. The summed E-state index contributed by atoms with van der Waals surface area (Å²) >= 11 is 0. The van der Waals surface area contributed by atoms with Crippen LogP contribution >= 0.6 is 14.5 Å². The van der Waals surface area contributed by atoms with Crippen molar-refractivity contribution in [3.63, 3.8) is 0 Å². The van der Waals surface area contributed by atoms with Gasteiger partial charge in [-0.1, -0.05) is 36.4 Å². The molecule has 258 valence electrons. The molecule has 6 aliphatic carbocycles. The summed E-state index contributed by atoms with van der Waals surface area (Å²) in [6, 6.07) is 12.0. The third-order valence-corrected chi connectivity index (χ3v) is 33.0. The van der Waals surface area contributed by atoms with Crippen LogP contribution in [0.2, 0.25) is 0 Å². The molecule has 0 amide bonds. The summed E-state index contributed by atoms with van der Waals surface area (Å²) in [7, 11) is -2.84. The van der Waals surface area contributed by atoms with Crippen molar-refractivity contribution in [2.24, 2.45) is 0 Å². The van der Waals surface area contributed by atoms with Gasteiger partial charge in [-0.25, -0.2) is 0 Å². The van der Waals surface area contributed by atoms with Crippen molar-refractivity contribution >= 4 is 14.5 Å². The van der Waals surface area contributed by atoms with E-state index in [0.29, 0.717) is 0 Å². The summed E-state index contributed by atoms with van der Waals surface area (Å²) in [5.41, 5.74) is 7.50. The van der Waals surface area contributed by atoms with Crippen LogP contribution in [0.15, 0.2) is 36.4 Å². The van der Waals surface area contributed by atoms with Gasteiger partial charge in [-0.05, 0) is 0 Å². The second-order valence-electron chi connectivity index (χ2n) is 17.6. The number of rotatable bonds is 8. The van der Waals surface area contributed by atoms with Crippen molar-refractivity contribution < 1.29 is 0 Å². The van der Waals surface area contributed by atoms with E-state index < -0.39 is 14.5 Å². The summed E-state index contributed by atoms with van der Waals surface area (Å²) < 4.78 is 0. The maximum atomic E-state index is 2.01. The summed E-state index contributed by atoms with van der Waals surface area (Å²) in [4.78, 5) is 0. The van der Waals surface area contributed by atoms with Gasteiger partial charge in [0.1, 0.15) is 0 Å². The fourth-order valence-electron chi connectivity index (χ4n) is 13.6. The molecular weight excluding hydrogens is 578 g/mol. The molecular formula is C43H76P2. The minimum atomic E-state index is -1.42. The van der Waals surface area contributed by atoms with Crippen LogP contribution in [0.4, 0.5) is 0 Å². The van der Waals surface area contributed by atoms with Gasteiger partial charge in [0.25, 0.3) is 0 Å². The van der Waals surface area contributed by atoms with Crippen LogP contribution < -0.4 is 0 Å². The van der Waals surface area contributed by atoms with E-state index in [1.54, 1.807) is 193 Å². The van der Waals surface area contributed by atoms with Crippen LogP contribution in [-0.2, 0) is 0 Å². The molecule has 0 nitrogen and oxygen atoms in total. The van der Waals surface area contributed by atoms with E-state index in [2.05, 4.69) is 0 Å². The first-order valence-electron chi connectivity index (χ1n) is 21.3. The number of hydrogen-bond acceptors (Lipinski definition) is 0. The largest absolute Gasteiger partial charge is 0.0623 e. The molecule has 2 heteroatoms. The third-order valence-electron chi connectivity index (χ3n) is 15.5. The molecule has 1 aromatic carbocycles. The Hall–Kier alpha value is 0.0800. The van der Waals surface area contributed by atoms with Gasteiger partial charge in [0, 0.05) is 0 Å². The van der Waals surface area contributed by atoms with Gasteiger partial charge in [0.05, 0.1) is 0 Å². The molecule has 0 saturated heterocycles. The standard InChI is InChI=1S/C37H70P2.C6H6/c1-7-19-32(20-8-1)38(33-21-9-2-10-22-33,34-23-11-3-12-24-34)31-39(35-25-13-4-14-26-35,36-27-15-5-16-28-36)37-29-17-6-18-30-37;1-2-4-6-5-3-1/h32-39H,1-31H2;1-6H. The molecule has 0 N–H and O–H groups in total. The molecule has 0 heterocycles. The Kier molecular flexibility index (Phi) is 14.1. The van der Waals surface area contributed by atoms with Crippen molar-refractivity contribution in [2.75, 3.05) is 5.90 Å². The van der Waals surface area contributed by atoms with Crippen molar-refractivity contribution in [1.29, 1.82) is 0 Å². The summed E-state index contributed by atoms with van der Waals surface area (Å²) in [6.07, 6.45) is 49.2. The monoisotopic (exact) mass is 655 g/mol. The molecule has 0 spiro atoms. The van der Waals surface area contributed by atoms with Crippen molar-refractivity contribution in [1.82, 2.24) is 0 Å². The molecule has 6 saturated carbocycles. The second-order valence-corrected chi connectivity index (χ2v) is 28.3. The third kappa shape index (κ3) is 8.46. The zero-order chi connectivity index (χ0) is 30.6. The van der Waals surface area contributed by atoms with Gasteiger partial charge in [-0.2, -0.15) is 0 Å². The molecule has 0 aromatic heterocycles. The van der Waals surface area contributed by atoms with E-state index in [1.165, 1.54) is 34.0 Å². The molecule has 0 aliphatic heterocycles. The molecule has 0 unspecified atom stereocenters. The Labute approximate surface area is 282 Å². The quantitative estimate of drug-likeness (QED) is 0.245. The first kappa shape index (κ1) is 34.9. The van der Waals surface area contributed by atoms with E-state index in [1.807, 2.05) is 42.3 Å². The van der Waals surface area contributed by atoms with Crippen LogP contribution in [-0.4, -0.2) is 39.9 Å². The van der Waals surface area contributed by atoms with Crippen molar-refractivity contribution in [3.8, 4) is 0 Å². The number of hydrogen-bond donors (Lipinski definition) is 0. The second kappa shape index (κ2) is 18.2. The Morgan fingerprint density at radius 1 is 0.244 bits per heavy atom. The number of benzene rings is 1. The van der Waals surface area contributed by atoms with Gasteiger partial charge in [0.15, 0.2) is 0 Å². The van der Waals surface area contributed by atoms with Crippen LogP contribution in [0.5, 0.6) is 0 Å². The predicted molar refractivity (Wildman–Crippen MR) is 209 cm³/mol. The van der Waals surface area contributed by atoms with Gasteiger partial charge >= 0.3 is 247 Å². The minimum Gasteiger partial charge on any atom is -0.0623 e. The fraction of sp³-hybridized carbons (Fsp3) is 0.860. The average Bonchev–Trinajstić information content (AvgIpc) is 3.16. The molecule has 0 radical (unpaired) electrons. The van der Waals surface area contributed by atoms with Crippen molar-refractivity contribution in [2.45, 2.75) is 227 Å². The fourth-order valence-corrected chi connectivity index (χ4v) is 37.7. The smallest absolute Gasteiger partial charge is 0.0623 e. The Morgan fingerprint density at radius 3 is 0.556 bits per heavy atom. The Morgan fingerprint density at radius 2 is 0.400 bits per heavy atom. The summed E-state index contributed by atoms with van der Waals surface area (Å²) in [5, 5.41) is 0. The zero-order valence-corrected chi connectivity index (χ0v) is 31.8. The SMILES string of the molecule is C1CCC([PH](C[PH](C2CCCCC2)(C2CCCCC2)C2CCCCC2)(C2CCCCC2)C2CCCCC2)CC1.c1ccccc1. The topological polar surface area (TPSA) is 0 Å². The van der Waals surface area contributed by atoms with Gasteiger partial charge in [-0.15, -0.1) is 0 Å². The summed E-state index contributed by atoms with van der Waals surface area (Å²) in [5.74, 6) is 2.01. The predicted octanol–water partition coefficient (Wildman–Crippen LogP) is 14.1. The Balaban J connectivity index is 0.000000535. The van der Waals surface area contributed by atoms with Gasteiger partial charge < -0.3 is 0 Å². The minimum absolute atomic E-state index is 1.25. The molecule has 1 aromatic rings. The van der Waals surface area contributed by atoms with Gasteiger partial charge in [-0.3, -0.25) is 0 Å². The van der Waals surface area contributed by atoms with Gasteiger partial charge in [0.2, 0.25) is 0 Å². The van der Waals surface area contributed by atoms with Crippen LogP contribution in [0.1, 0.15) is 193 Å². The first-order chi connectivity index (χ1) is 22.3. The van der Waals surface area contributed by atoms with Crippen molar-refractivity contribution in [3.05, 3.63) is 36.4 Å². The normalized spacial score (nSPS) is 27.4. The van der Waals surface area contributed by atoms with E-state index in [4.69, 9.17) is 0 Å². The van der Waals surface area contributed by atoms with Crippen LogP contribution in [0.25, 0.3) is 0 Å². The molecule has 6 fully saturated rings. The van der Waals surface area contributed by atoms with E-state index in [0.717, 1.165) is 0 Å². The Bertz CT molecular complexity index is 729. The maximum absolute atomic E-state index is 2.01. The maximum Gasteiger partial charge on any atom is -0.0623 e. The van der Waals surface area contributed by atoms with E-state index >= 15 is 0 Å². The van der Waals surface area contributed by atoms with Crippen LogP contribution in [0.3, 0.4) is 0 Å². The molecule has 6 aliphatic rings. The molecule has 0 atom stereocenters. The average molecular weight is 655 g/mol. The van der Waals surface area contributed by atoms with E-state index in [9.17, 15) is 0 Å². The zero-order valence-electron chi connectivity index (χ0n) is 29.8. The van der Waals surface area contributed by atoms with E-state index in [-0.39, 0.29) is 0 Å². The molecule has 45 heavy (non-hydrogen) atoms.